The fourth-order valence-electron chi connectivity index (χ4n) is 1.86. The van der Waals surface area contributed by atoms with Gasteiger partial charge in [0.15, 0.2) is 6.54 Å². The maximum Gasteiger partial charge on any atom is 0.330 e. The van der Waals surface area contributed by atoms with Gasteiger partial charge in [-0.2, -0.15) is 4.80 Å². The van der Waals surface area contributed by atoms with Gasteiger partial charge in [-0.25, -0.2) is 4.79 Å². The van der Waals surface area contributed by atoms with Crippen LogP contribution in [0.2, 0.25) is 0 Å². The lowest BCUT2D eigenvalue weighted by Crippen LogP contribution is -2.15. The molecular formula is C15H14N4O2S2. The average Bonchev–Trinajstić information content (AvgIpc) is 3.24. The van der Waals surface area contributed by atoms with E-state index >= 15 is 0 Å². The van der Waals surface area contributed by atoms with E-state index in [0.29, 0.717) is 5.82 Å². The highest BCUT2D eigenvalue weighted by atomic mass is 32.2. The van der Waals surface area contributed by atoms with Crippen LogP contribution in [0, 0.1) is 0 Å². The van der Waals surface area contributed by atoms with Crippen LogP contribution in [0.3, 0.4) is 0 Å². The highest BCUT2D eigenvalue weighted by molar-refractivity contribution is 7.98. The van der Waals surface area contributed by atoms with Crippen LogP contribution >= 0.6 is 23.1 Å². The second-order valence-electron chi connectivity index (χ2n) is 4.63. The first kappa shape index (κ1) is 15.7. The number of benzene rings is 1. The number of esters is 1. The molecule has 0 atom stereocenters. The second kappa shape index (κ2) is 7.38. The predicted molar refractivity (Wildman–Crippen MR) is 89.1 cm³/mol. The fourth-order valence-corrected chi connectivity index (χ4v) is 2.92. The van der Waals surface area contributed by atoms with Gasteiger partial charge >= 0.3 is 5.97 Å². The topological polar surface area (TPSA) is 69.9 Å². The maximum absolute atomic E-state index is 11.9. The molecule has 3 rings (SSSR count). The van der Waals surface area contributed by atoms with Gasteiger partial charge in [0.2, 0.25) is 5.82 Å². The summed E-state index contributed by atoms with van der Waals surface area (Å²) < 4.78 is 5.23. The lowest BCUT2D eigenvalue weighted by Gasteiger charge is -2.05. The molecule has 0 saturated heterocycles. The van der Waals surface area contributed by atoms with Crippen LogP contribution in [-0.4, -0.2) is 32.4 Å². The minimum absolute atomic E-state index is 0.0543. The molecule has 0 bridgehead atoms. The molecule has 0 N–H and O–H groups in total. The monoisotopic (exact) mass is 346 g/mol. The van der Waals surface area contributed by atoms with Crippen LogP contribution in [0.15, 0.2) is 46.7 Å². The Labute approximate surface area is 141 Å². The molecule has 0 aliphatic rings. The van der Waals surface area contributed by atoms with Gasteiger partial charge in [0.25, 0.3) is 0 Å². The van der Waals surface area contributed by atoms with E-state index < -0.39 is 5.97 Å². The molecule has 2 heterocycles. The summed E-state index contributed by atoms with van der Waals surface area (Å²) in [7, 11) is 0. The van der Waals surface area contributed by atoms with Gasteiger partial charge in [-0.1, -0.05) is 18.2 Å². The number of tetrazole rings is 1. The van der Waals surface area contributed by atoms with E-state index in [9.17, 15) is 4.79 Å². The predicted octanol–water partition coefficient (Wildman–Crippen LogP) is 2.87. The normalized spacial score (nSPS) is 10.7. The third kappa shape index (κ3) is 4.17. The zero-order valence-electron chi connectivity index (χ0n) is 12.4. The Morgan fingerprint density at radius 3 is 2.83 bits per heavy atom. The molecule has 23 heavy (non-hydrogen) atoms. The number of aromatic nitrogens is 4. The van der Waals surface area contributed by atoms with Gasteiger partial charge in [-0.05, 0) is 40.6 Å². The molecule has 2 aromatic heterocycles. The van der Waals surface area contributed by atoms with Crippen molar-refractivity contribution in [2.75, 3.05) is 6.26 Å². The minimum Gasteiger partial charge on any atom is -0.459 e. The quantitative estimate of drug-likeness (QED) is 0.505. The number of hydrogen-bond acceptors (Lipinski definition) is 7. The first-order chi connectivity index (χ1) is 11.2. The van der Waals surface area contributed by atoms with Gasteiger partial charge in [-0.3, -0.25) is 0 Å². The van der Waals surface area contributed by atoms with Crippen molar-refractivity contribution in [1.29, 1.82) is 0 Å². The van der Waals surface area contributed by atoms with Gasteiger partial charge in [0, 0.05) is 4.90 Å². The lowest BCUT2D eigenvalue weighted by atomic mass is 10.2. The van der Waals surface area contributed by atoms with E-state index in [1.807, 2.05) is 48.0 Å². The number of nitrogens with zero attached hydrogens (tertiary/aromatic N) is 4. The first-order valence-corrected chi connectivity index (χ1v) is 8.95. The molecule has 8 heteroatoms. The summed E-state index contributed by atoms with van der Waals surface area (Å²) in [4.78, 5) is 15.2. The van der Waals surface area contributed by atoms with Gasteiger partial charge < -0.3 is 4.74 Å². The number of carbonyl (C=O) groups excluding carboxylic acids is 1. The maximum atomic E-state index is 11.9. The number of thioether (sulfide) groups is 1. The Kier molecular flexibility index (Phi) is 5.04. The number of carbonyl (C=O) groups is 1. The SMILES string of the molecule is CSc1ccc(COC(=O)Cn2nnc(-c3cccs3)n2)cc1. The Morgan fingerprint density at radius 2 is 2.13 bits per heavy atom. The molecule has 0 unspecified atom stereocenters. The Bertz CT molecular complexity index is 769. The van der Waals surface area contributed by atoms with E-state index in [1.165, 1.54) is 21.0 Å². The second-order valence-corrected chi connectivity index (χ2v) is 6.46. The summed E-state index contributed by atoms with van der Waals surface area (Å²) in [6.45, 7) is 0.182. The molecule has 0 aliphatic heterocycles. The van der Waals surface area contributed by atoms with Crippen molar-refractivity contribution in [1.82, 2.24) is 20.2 Å². The van der Waals surface area contributed by atoms with Crippen LogP contribution < -0.4 is 0 Å². The molecule has 0 spiro atoms. The van der Waals surface area contributed by atoms with Gasteiger partial charge in [-0.15, -0.1) is 33.3 Å². The standard InChI is InChI=1S/C15H14N4O2S2/c1-22-12-6-4-11(5-7-12)10-21-14(20)9-19-17-15(16-18-19)13-3-2-8-23-13/h2-8H,9-10H2,1H3. The van der Waals surface area contributed by atoms with Crippen molar-refractivity contribution in [2.45, 2.75) is 18.0 Å². The minimum atomic E-state index is -0.394. The molecule has 1 aromatic carbocycles. The van der Waals surface area contributed by atoms with Crippen molar-refractivity contribution in [2.24, 2.45) is 0 Å². The molecule has 6 nitrogen and oxygen atoms in total. The highest BCUT2D eigenvalue weighted by Gasteiger charge is 2.11. The Hall–Kier alpha value is -2.19. The number of rotatable bonds is 6. The van der Waals surface area contributed by atoms with E-state index in [2.05, 4.69) is 15.4 Å². The smallest absolute Gasteiger partial charge is 0.330 e. The summed E-state index contributed by atoms with van der Waals surface area (Å²) >= 11 is 3.19. The molecule has 0 amide bonds. The molecule has 0 aliphatic carbocycles. The van der Waals surface area contributed by atoms with Crippen molar-refractivity contribution in [3.05, 3.63) is 47.3 Å². The zero-order chi connectivity index (χ0) is 16.1. The Balaban J connectivity index is 1.53. The van der Waals surface area contributed by atoms with Gasteiger partial charge in [0.05, 0.1) is 4.88 Å². The van der Waals surface area contributed by atoms with Crippen LogP contribution in [0.25, 0.3) is 10.7 Å². The van der Waals surface area contributed by atoms with E-state index in [1.54, 1.807) is 11.8 Å². The number of thiophene rings is 1. The van der Waals surface area contributed by atoms with E-state index in [4.69, 9.17) is 4.74 Å². The van der Waals surface area contributed by atoms with Crippen LogP contribution in [-0.2, 0) is 22.7 Å². The number of ether oxygens (including phenoxy) is 1. The molecule has 0 saturated carbocycles. The zero-order valence-corrected chi connectivity index (χ0v) is 14.0. The third-order valence-corrected chi connectivity index (χ3v) is 4.63. The third-order valence-electron chi connectivity index (χ3n) is 3.02. The highest BCUT2D eigenvalue weighted by Crippen LogP contribution is 2.19. The van der Waals surface area contributed by atoms with Crippen molar-refractivity contribution < 1.29 is 9.53 Å². The van der Waals surface area contributed by atoms with Crippen LogP contribution in [0.5, 0.6) is 0 Å². The summed E-state index contributed by atoms with van der Waals surface area (Å²) in [6.07, 6.45) is 2.02. The fraction of sp³-hybridized carbons (Fsp3) is 0.200. The largest absolute Gasteiger partial charge is 0.459 e. The van der Waals surface area contributed by atoms with E-state index in [-0.39, 0.29) is 13.2 Å². The molecule has 3 aromatic rings. The van der Waals surface area contributed by atoms with Crippen LogP contribution in [0.1, 0.15) is 5.56 Å². The lowest BCUT2D eigenvalue weighted by molar-refractivity contribution is -0.146. The molecular weight excluding hydrogens is 332 g/mol. The average molecular weight is 346 g/mol. The molecule has 0 radical (unpaired) electrons. The van der Waals surface area contributed by atoms with E-state index in [0.717, 1.165) is 10.4 Å². The summed E-state index contributed by atoms with van der Waals surface area (Å²) in [5.41, 5.74) is 0.946. The van der Waals surface area contributed by atoms with Gasteiger partial charge in [0.1, 0.15) is 6.61 Å². The number of hydrogen-bond donors (Lipinski definition) is 0. The summed E-state index contributed by atoms with van der Waals surface area (Å²) in [5.74, 6) is 0.120. The summed E-state index contributed by atoms with van der Waals surface area (Å²) in [6, 6.07) is 11.7. The van der Waals surface area contributed by atoms with Crippen LogP contribution in [0.4, 0.5) is 0 Å². The Morgan fingerprint density at radius 1 is 1.30 bits per heavy atom. The molecule has 0 fully saturated rings. The van der Waals surface area contributed by atoms with Crippen molar-refractivity contribution in [3.63, 3.8) is 0 Å². The summed E-state index contributed by atoms with van der Waals surface area (Å²) in [5, 5.41) is 13.9. The van der Waals surface area contributed by atoms with Crippen molar-refractivity contribution in [3.8, 4) is 10.7 Å². The van der Waals surface area contributed by atoms with Crippen molar-refractivity contribution >= 4 is 29.1 Å². The first-order valence-electron chi connectivity index (χ1n) is 6.85. The molecule has 118 valence electrons.